The summed E-state index contributed by atoms with van der Waals surface area (Å²) < 4.78 is 1.02. The number of aliphatic hydroxyl groups is 1. The molecular weight excluding hydrogens is 290 g/mol. The molecule has 0 bridgehead atoms. The normalized spacial score (nSPS) is 20.8. The summed E-state index contributed by atoms with van der Waals surface area (Å²) in [5.74, 6) is 0.917. The van der Waals surface area contributed by atoms with Crippen molar-refractivity contribution in [3.63, 3.8) is 0 Å². The Bertz CT molecular complexity index is 438. The second-order valence-electron chi connectivity index (χ2n) is 5.71. The van der Waals surface area contributed by atoms with Crippen molar-refractivity contribution in [2.75, 3.05) is 11.4 Å². The Labute approximate surface area is 117 Å². The van der Waals surface area contributed by atoms with Crippen LogP contribution in [0.15, 0.2) is 22.7 Å². The molecule has 2 aliphatic rings. The fraction of sp³-hybridized carbons (Fsp3) is 0.600. The predicted molar refractivity (Wildman–Crippen MR) is 77.9 cm³/mol. The van der Waals surface area contributed by atoms with Crippen LogP contribution in [-0.2, 0) is 0 Å². The first-order valence-electron chi connectivity index (χ1n) is 6.89. The van der Waals surface area contributed by atoms with Crippen LogP contribution in [0, 0.1) is 5.92 Å². The van der Waals surface area contributed by atoms with Crippen LogP contribution < -0.4 is 4.90 Å². The van der Waals surface area contributed by atoms with Crippen LogP contribution in [0.25, 0.3) is 0 Å². The Morgan fingerprint density at radius 2 is 2.06 bits per heavy atom. The highest BCUT2D eigenvalue weighted by Crippen LogP contribution is 2.39. The SMILES string of the molecule is C[C@@H](O)c1ccc(N(CC2CC2)C2CC2)cc1Br. The summed E-state index contributed by atoms with van der Waals surface area (Å²) in [6, 6.07) is 7.14. The van der Waals surface area contributed by atoms with Crippen molar-refractivity contribution in [2.45, 2.75) is 44.8 Å². The van der Waals surface area contributed by atoms with Crippen molar-refractivity contribution >= 4 is 21.6 Å². The van der Waals surface area contributed by atoms with Gasteiger partial charge in [-0.1, -0.05) is 22.0 Å². The van der Waals surface area contributed by atoms with Gasteiger partial charge in [0.15, 0.2) is 0 Å². The zero-order chi connectivity index (χ0) is 12.7. The number of nitrogens with zero attached hydrogens (tertiary/aromatic N) is 1. The number of hydrogen-bond donors (Lipinski definition) is 1. The van der Waals surface area contributed by atoms with E-state index in [1.165, 1.54) is 37.9 Å². The Morgan fingerprint density at radius 3 is 2.56 bits per heavy atom. The molecule has 2 aliphatic carbocycles. The van der Waals surface area contributed by atoms with Gasteiger partial charge in [-0.25, -0.2) is 0 Å². The van der Waals surface area contributed by atoms with E-state index in [2.05, 4.69) is 33.0 Å². The second-order valence-corrected chi connectivity index (χ2v) is 6.56. The van der Waals surface area contributed by atoms with E-state index in [0.29, 0.717) is 0 Å². The van der Waals surface area contributed by atoms with Gasteiger partial charge in [0.05, 0.1) is 6.10 Å². The average molecular weight is 310 g/mol. The minimum Gasteiger partial charge on any atom is -0.389 e. The van der Waals surface area contributed by atoms with Crippen molar-refractivity contribution in [2.24, 2.45) is 5.92 Å². The Balaban J connectivity index is 1.82. The maximum absolute atomic E-state index is 9.67. The quantitative estimate of drug-likeness (QED) is 0.892. The lowest BCUT2D eigenvalue weighted by atomic mass is 10.1. The largest absolute Gasteiger partial charge is 0.389 e. The average Bonchev–Trinajstić information content (AvgIpc) is 3.18. The van der Waals surface area contributed by atoms with Gasteiger partial charge in [-0.05, 0) is 56.2 Å². The molecule has 0 saturated heterocycles. The number of aliphatic hydroxyl groups excluding tert-OH is 1. The Kier molecular flexibility index (Phi) is 3.37. The number of benzene rings is 1. The summed E-state index contributed by atoms with van der Waals surface area (Å²) >= 11 is 3.58. The van der Waals surface area contributed by atoms with Gasteiger partial charge in [0.2, 0.25) is 0 Å². The third-order valence-corrected chi connectivity index (χ3v) is 4.59. The standard InChI is InChI=1S/C15H20BrNO/c1-10(18)14-7-6-13(8-15(14)16)17(12-4-5-12)9-11-2-3-11/h6-8,10-12,18H,2-5,9H2,1H3/t10-/m1/s1. The molecule has 3 rings (SSSR count). The smallest absolute Gasteiger partial charge is 0.0772 e. The molecule has 0 unspecified atom stereocenters. The van der Waals surface area contributed by atoms with E-state index in [1.807, 2.05) is 13.0 Å². The summed E-state index contributed by atoms with van der Waals surface area (Å²) in [4.78, 5) is 2.56. The van der Waals surface area contributed by atoms with Crippen molar-refractivity contribution in [1.82, 2.24) is 0 Å². The second kappa shape index (κ2) is 4.86. The van der Waals surface area contributed by atoms with Gasteiger partial charge >= 0.3 is 0 Å². The van der Waals surface area contributed by atoms with Crippen molar-refractivity contribution < 1.29 is 5.11 Å². The topological polar surface area (TPSA) is 23.5 Å². The molecule has 2 fully saturated rings. The molecule has 0 radical (unpaired) electrons. The molecule has 0 aromatic heterocycles. The van der Waals surface area contributed by atoms with E-state index in [9.17, 15) is 5.11 Å². The van der Waals surface area contributed by atoms with E-state index in [1.54, 1.807) is 0 Å². The molecule has 1 N–H and O–H groups in total. The van der Waals surface area contributed by atoms with Crippen LogP contribution >= 0.6 is 15.9 Å². The number of anilines is 1. The third kappa shape index (κ3) is 2.72. The van der Waals surface area contributed by atoms with E-state index >= 15 is 0 Å². The van der Waals surface area contributed by atoms with Crippen LogP contribution in [0.3, 0.4) is 0 Å². The molecule has 0 heterocycles. The molecule has 3 heteroatoms. The zero-order valence-corrected chi connectivity index (χ0v) is 12.4. The van der Waals surface area contributed by atoms with E-state index in [0.717, 1.165) is 22.0 Å². The van der Waals surface area contributed by atoms with Gasteiger partial charge in [-0.3, -0.25) is 0 Å². The van der Waals surface area contributed by atoms with Gasteiger partial charge in [0.1, 0.15) is 0 Å². The van der Waals surface area contributed by atoms with E-state index in [4.69, 9.17) is 0 Å². The Hall–Kier alpha value is -0.540. The van der Waals surface area contributed by atoms with Gasteiger partial charge in [0, 0.05) is 22.7 Å². The molecule has 98 valence electrons. The number of hydrogen-bond acceptors (Lipinski definition) is 2. The molecule has 2 saturated carbocycles. The lowest BCUT2D eigenvalue weighted by Crippen LogP contribution is -2.28. The van der Waals surface area contributed by atoms with Gasteiger partial charge in [-0.15, -0.1) is 0 Å². The maximum Gasteiger partial charge on any atom is 0.0772 e. The lowest BCUT2D eigenvalue weighted by molar-refractivity contribution is 0.198. The molecule has 2 nitrogen and oxygen atoms in total. The van der Waals surface area contributed by atoms with Crippen molar-refractivity contribution in [3.8, 4) is 0 Å². The highest BCUT2D eigenvalue weighted by atomic mass is 79.9. The van der Waals surface area contributed by atoms with Crippen molar-refractivity contribution in [1.29, 1.82) is 0 Å². The third-order valence-electron chi connectivity index (χ3n) is 3.91. The molecule has 0 spiro atoms. The molecule has 1 aromatic rings. The van der Waals surface area contributed by atoms with Crippen LogP contribution in [-0.4, -0.2) is 17.7 Å². The summed E-state index contributed by atoms with van der Waals surface area (Å²) in [5, 5.41) is 9.67. The minimum absolute atomic E-state index is 0.411. The molecule has 0 aliphatic heterocycles. The molecule has 1 aromatic carbocycles. The maximum atomic E-state index is 9.67. The van der Waals surface area contributed by atoms with Crippen LogP contribution in [0.5, 0.6) is 0 Å². The molecule has 1 atom stereocenters. The Morgan fingerprint density at radius 1 is 1.33 bits per heavy atom. The summed E-state index contributed by atoms with van der Waals surface area (Å²) in [6.07, 6.45) is 5.06. The van der Waals surface area contributed by atoms with Gasteiger partial charge in [-0.2, -0.15) is 0 Å². The predicted octanol–water partition coefficient (Wildman–Crippen LogP) is 3.88. The summed E-state index contributed by atoms with van der Waals surface area (Å²) in [6.45, 7) is 3.02. The zero-order valence-electron chi connectivity index (χ0n) is 10.8. The van der Waals surface area contributed by atoms with E-state index in [-0.39, 0.29) is 0 Å². The first kappa shape index (κ1) is 12.5. The van der Waals surface area contributed by atoms with Crippen molar-refractivity contribution in [3.05, 3.63) is 28.2 Å². The fourth-order valence-corrected chi connectivity index (χ4v) is 3.16. The number of halogens is 1. The van der Waals surface area contributed by atoms with Gasteiger partial charge in [0.25, 0.3) is 0 Å². The minimum atomic E-state index is -0.411. The first-order valence-corrected chi connectivity index (χ1v) is 7.68. The highest BCUT2D eigenvalue weighted by molar-refractivity contribution is 9.10. The monoisotopic (exact) mass is 309 g/mol. The van der Waals surface area contributed by atoms with E-state index < -0.39 is 6.10 Å². The van der Waals surface area contributed by atoms with Gasteiger partial charge < -0.3 is 10.0 Å². The molecule has 0 amide bonds. The first-order chi connectivity index (χ1) is 8.65. The fourth-order valence-electron chi connectivity index (χ4n) is 2.46. The number of rotatable bonds is 5. The molecular formula is C15H20BrNO. The highest BCUT2D eigenvalue weighted by Gasteiger charge is 2.33. The molecule has 18 heavy (non-hydrogen) atoms. The lowest BCUT2D eigenvalue weighted by Gasteiger charge is -2.25. The van der Waals surface area contributed by atoms with Crippen LogP contribution in [0.4, 0.5) is 5.69 Å². The summed E-state index contributed by atoms with van der Waals surface area (Å²) in [7, 11) is 0. The van der Waals surface area contributed by atoms with Crippen LogP contribution in [0.2, 0.25) is 0 Å². The van der Waals surface area contributed by atoms with Crippen LogP contribution in [0.1, 0.15) is 44.3 Å². The summed E-state index contributed by atoms with van der Waals surface area (Å²) in [5.41, 5.74) is 2.28.